The number of hydrogen-bond acceptors (Lipinski definition) is 4. The van der Waals surface area contributed by atoms with Crippen molar-refractivity contribution in [1.29, 1.82) is 0 Å². The fraction of sp³-hybridized carbons (Fsp3) is 0.273. The number of rotatable bonds is 2. The van der Waals surface area contributed by atoms with Crippen molar-refractivity contribution in [2.24, 2.45) is 0 Å². The normalized spacial score (nSPS) is 19.6. The summed E-state index contributed by atoms with van der Waals surface area (Å²) in [5.74, 6) is -0.243. The third kappa shape index (κ3) is 2.43. The zero-order chi connectivity index (χ0) is 13.3. The Labute approximate surface area is 113 Å². The van der Waals surface area contributed by atoms with Gasteiger partial charge in [0.05, 0.1) is 23.6 Å². The maximum atomic E-state index is 11.7. The number of hydrogen-bond donors (Lipinski definition) is 2. The summed E-state index contributed by atoms with van der Waals surface area (Å²) in [7, 11) is 1.46. The average molecular weight is 289 g/mol. The highest BCUT2D eigenvalue weighted by Gasteiger charge is 2.28. The van der Waals surface area contributed by atoms with E-state index in [1.165, 1.54) is 7.11 Å². The number of hydrazine groups is 1. The van der Waals surface area contributed by atoms with Gasteiger partial charge in [0.15, 0.2) is 11.5 Å². The third-order valence-electron chi connectivity index (χ3n) is 2.57. The fourth-order valence-corrected chi connectivity index (χ4v) is 2.41. The summed E-state index contributed by atoms with van der Waals surface area (Å²) in [4.78, 5) is 22.8. The number of nitrogens with one attached hydrogen (secondary N) is 2. The predicted molar refractivity (Wildman–Crippen MR) is 66.7 cm³/mol. The van der Waals surface area contributed by atoms with Crippen LogP contribution in [-0.2, 0) is 9.59 Å². The highest BCUT2D eigenvalue weighted by molar-refractivity contribution is 6.37. The third-order valence-corrected chi connectivity index (χ3v) is 3.13. The molecule has 0 saturated carbocycles. The molecule has 1 aromatic carbocycles. The number of benzene rings is 1. The quantitative estimate of drug-likeness (QED) is 0.812. The van der Waals surface area contributed by atoms with Gasteiger partial charge in [-0.2, -0.15) is 0 Å². The summed E-state index contributed by atoms with van der Waals surface area (Å²) in [5, 5.41) is 0.623. The van der Waals surface area contributed by atoms with Crippen LogP contribution in [0.2, 0.25) is 10.0 Å². The van der Waals surface area contributed by atoms with Gasteiger partial charge in [0.25, 0.3) is 0 Å². The van der Waals surface area contributed by atoms with E-state index in [1.807, 2.05) is 0 Å². The van der Waals surface area contributed by atoms with Crippen molar-refractivity contribution in [3.8, 4) is 5.75 Å². The number of ketones is 1. The van der Waals surface area contributed by atoms with E-state index in [9.17, 15) is 9.59 Å². The Morgan fingerprint density at radius 2 is 1.89 bits per heavy atom. The minimum Gasteiger partial charge on any atom is -0.494 e. The van der Waals surface area contributed by atoms with Gasteiger partial charge in [-0.3, -0.25) is 15.0 Å². The van der Waals surface area contributed by atoms with Crippen LogP contribution in [0.25, 0.3) is 0 Å². The topological polar surface area (TPSA) is 67.4 Å². The molecule has 0 aromatic heterocycles. The van der Waals surface area contributed by atoms with E-state index in [0.717, 1.165) is 0 Å². The number of ether oxygens (including phenoxy) is 1. The molecule has 1 aromatic rings. The van der Waals surface area contributed by atoms with Gasteiger partial charge in [-0.05, 0) is 17.7 Å². The van der Waals surface area contributed by atoms with Gasteiger partial charge in [0.2, 0.25) is 5.91 Å². The molecule has 5 nitrogen and oxygen atoms in total. The van der Waals surface area contributed by atoms with Crippen LogP contribution in [0.3, 0.4) is 0 Å². The summed E-state index contributed by atoms with van der Waals surface area (Å²) < 4.78 is 5.02. The van der Waals surface area contributed by atoms with Gasteiger partial charge >= 0.3 is 0 Å². The van der Waals surface area contributed by atoms with Gasteiger partial charge in [-0.1, -0.05) is 23.2 Å². The SMILES string of the molecule is COc1c(Cl)cc(C2NNC(=O)CC2=O)cc1Cl. The van der Waals surface area contributed by atoms with Gasteiger partial charge in [0.1, 0.15) is 6.04 Å². The van der Waals surface area contributed by atoms with Crippen LogP contribution in [0.5, 0.6) is 5.75 Å². The average Bonchev–Trinajstić information content (AvgIpc) is 2.28. The molecule has 1 heterocycles. The summed E-state index contributed by atoms with van der Waals surface area (Å²) in [6.07, 6.45) is -0.168. The molecule has 1 atom stereocenters. The molecule has 1 unspecified atom stereocenters. The van der Waals surface area contributed by atoms with E-state index in [1.54, 1.807) is 12.1 Å². The Bertz CT molecular complexity index is 496. The Morgan fingerprint density at radius 3 is 2.39 bits per heavy atom. The number of carbonyl (C=O) groups excluding carboxylic acids is 2. The molecule has 1 aliphatic heterocycles. The number of halogens is 2. The van der Waals surface area contributed by atoms with Crippen LogP contribution >= 0.6 is 23.2 Å². The molecule has 0 spiro atoms. The number of amides is 1. The predicted octanol–water partition coefficient (Wildman–Crippen LogP) is 1.64. The zero-order valence-corrected chi connectivity index (χ0v) is 10.9. The molecule has 1 amide bonds. The summed E-state index contributed by atoms with van der Waals surface area (Å²) in [6, 6.07) is 2.52. The Balaban J connectivity index is 2.34. The highest BCUT2D eigenvalue weighted by Crippen LogP contribution is 2.36. The first-order valence-electron chi connectivity index (χ1n) is 5.13. The van der Waals surface area contributed by atoms with E-state index in [-0.39, 0.29) is 18.1 Å². The lowest BCUT2D eigenvalue weighted by atomic mass is 9.99. The van der Waals surface area contributed by atoms with Crippen LogP contribution in [0.1, 0.15) is 18.0 Å². The molecule has 1 aliphatic rings. The van der Waals surface area contributed by atoms with Crippen LogP contribution in [0.15, 0.2) is 12.1 Å². The van der Waals surface area contributed by atoms with Crippen LogP contribution in [0, 0.1) is 0 Å². The standard InChI is InChI=1S/C11H10Cl2N2O3/c1-18-11-6(12)2-5(3-7(11)13)10-8(16)4-9(17)14-15-10/h2-3,10,15H,4H2,1H3,(H,14,17). The zero-order valence-electron chi connectivity index (χ0n) is 9.42. The van der Waals surface area contributed by atoms with Crippen molar-refractivity contribution in [3.05, 3.63) is 27.7 Å². The molecule has 1 saturated heterocycles. The van der Waals surface area contributed by atoms with Crippen molar-refractivity contribution in [2.75, 3.05) is 7.11 Å². The molecule has 18 heavy (non-hydrogen) atoms. The van der Waals surface area contributed by atoms with Crippen LogP contribution in [0.4, 0.5) is 0 Å². The van der Waals surface area contributed by atoms with Crippen molar-refractivity contribution in [3.63, 3.8) is 0 Å². The molecule has 2 rings (SSSR count). The Morgan fingerprint density at radius 1 is 1.28 bits per heavy atom. The van der Waals surface area contributed by atoms with Crippen molar-refractivity contribution < 1.29 is 14.3 Å². The first-order chi connectivity index (χ1) is 8.52. The lowest BCUT2D eigenvalue weighted by Crippen LogP contribution is -2.49. The molecular formula is C11H10Cl2N2O3. The molecule has 7 heteroatoms. The molecule has 1 fully saturated rings. The summed E-state index contributed by atoms with van der Waals surface area (Å²) in [6.45, 7) is 0. The number of Topliss-reactive ketones (excluding diaryl/α,β-unsaturated/α-hetero) is 1. The molecule has 2 N–H and O–H groups in total. The Hall–Kier alpha value is -1.30. The summed E-state index contributed by atoms with van der Waals surface area (Å²) in [5.41, 5.74) is 5.60. The van der Waals surface area contributed by atoms with Crippen molar-refractivity contribution in [2.45, 2.75) is 12.5 Å². The molecular weight excluding hydrogens is 279 g/mol. The van der Waals surface area contributed by atoms with E-state index in [4.69, 9.17) is 27.9 Å². The van der Waals surface area contributed by atoms with Crippen LogP contribution in [-0.4, -0.2) is 18.8 Å². The lowest BCUT2D eigenvalue weighted by molar-refractivity contribution is -0.134. The van der Waals surface area contributed by atoms with E-state index in [0.29, 0.717) is 21.4 Å². The van der Waals surface area contributed by atoms with E-state index >= 15 is 0 Å². The van der Waals surface area contributed by atoms with Crippen molar-refractivity contribution >= 4 is 34.9 Å². The minimum absolute atomic E-state index is 0.168. The molecule has 0 bridgehead atoms. The van der Waals surface area contributed by atoms with E-state index < -0.39 is 6.04 Å². The summed E-state index contributed by atoms with van der Waals surface area (Å²) >= 11 is 12.0. The van der Waals surface area contributed by atoms with Gasteiger partial charge in [-0.15, -0.1) is 0 Å². The monoisotopic (exact) mass is 288 g/mol. The van der Waals surface area contributed by atoms with Gasteiger partial charge in [-0.25, -0.2) is 5.43 Å². The molecule has 0 aliphatic carbocycles. The smallest absolute Gasteiger partial charge is 0.241 e. The van der Waals surface area contributed by atoms with Crippen molar-refractivity contribution in [1.82, 2.24) is 10.9 Å². The second-order valence-electron chi connectivity index (χ2n) is 3.79. The number of carbonyl (C=O) groups is 2. The highest BCUT2D eigenvalue weighted by atomic mass is 35.5. The largest absolute Gasteiger partial charge is 0.494 e. The second kappa shape index (κ2) is 5.14. The minimum atomic E-state index is -0.649. The van der Waals surface area contributed by atoms with Crippen LogP contribution < -0.4 is 15.6 Å². The first kappa shape index (κ1) is 13.1. The maximum Gasteiger partial charge on any atom is 0.241 e. The number of methoxy groups -OCH3 is 1. The lowest BCUT2D eigenvalue weighted by Gasteiger charge is -2.23. The van der Waals surface area contributed by atoms with Gasteiger partial charge in [0, 0.05) is 0 Å². The Kier molecular flexibility index (Phi) is 3.75. The first-order valence-corrected chi connectivity index (χ1v) is 5.88. The van der Waals surface area contributed by atoms with E-state index in [2.05, 4.69) is 10.9 Å². The van der Waals surface area contributed by atoms with Gasteiger partial charge < -0.3 is 4.74 Å². The second-order valence-corrected chi connectivity index (χ2v) is 4.60. The molecule has 96 valence electrons. The fourth-order valence-electron chi connectivity index (χ4n) is 1.75. The maximum absolute atomic E-state index is 11.7. The molecule has 0 radical (unpaired) electrons.